The number of hydrogen-bond donors (Lipinski definition) is 0. The molecule has 2 aromatic carbocycles. The van der Waals surface area contributed by atoms with Gasteiger partial charge in [0.2, 0.25) is 0 Å². The van der Waals surface area contributed by atoms with Crippen molar-refractivity contribution >= 4 is 0 Å². The zero-order valence-electron chi connectivity index (χ0n) is 14.1. The van der Waals surface area contributed by atoms with Gasteiger partial charge in [-0.1, -0.05) is 49.4 Å². The molecule has 124 valence electrons. The second-order valence-corrected chi connectivity index (χ2v) is 7.10. The Labute approximate surface area is 143 Å². The summed E-state index contributed by atoms with van der Waals surface area (Å²) < 4.78 is 13.9. The predicted molar refractivity (Wildman–Crippen MR) is 94.7 cm³/mol. The van der Waals surface area contributed by atoms with Crippen LogP contribution in [0.1, 0.15) is 31.7 Å². The van der Waals surface area contributed by atoms with Crippen molar-refractivity contribution in [1.82, 2.24) is 4.90 Å². The van der Waals surface area contributed by atoms with Gasteiger partial charge in [-0.25, -0.2) is 4.39 Å². The zero-order valence-corrected chi connectivity index (χ0v) is 14.1. The summed E-state index contributed by atoms with van der Waals surface area (Å²) in [5.41, 5.74) is 2.99. The Hall–Kier alpha value is -2.18. The van der Waals surface area contributed by atoms with Crippen LogP contribution in [0, 0.1) is 22.6 Å². The van der Waals surface area contributed by atoms with Crippen LogP contribution in [0.5, 0.6) is 0 Å². The Morgan fingerprint density at radius 3 is 2.38 bits per heavy atom. The van der Waals surface area contributed by atoms with E-state index in [1.165, 1.54) is 11.6 Å². The first-order valence-corrected chi connectivity index (χ1v) is 8.53. The number of likely N-dealkylation sites (tertiary alicyclic amines) is 1. The first kappa shape index (κ1) is 16.7. The van der Waals surface area contributed by atoms with Crippen LogP contribution in [0.3, 0.4) is 0 Å². The summed E-state index contributed by atoms with van der Waals surface area (Å²) in [5, 5.41) is 8.93. The van der Waals surface area contributed by atoms with Crippen LogP contribution in [0.4, 0.5) is 4.39 Å². The monoisotopic (exact) mass is 322 g/mol. The van der Waals surface area contributed by atoms with Crippen LogP contribution < -0.4 is 0 Å². The van der Waals surface area contributed by atoms with Crippen molar-refractivity contribution in [2.75, 3.05) is 13.1 Å². The van der Waals surface area contributed by atoms with Gasteiger partial charge in [-0.3, -0.25) is 4.90 Å². The predicted octanol–water partition coefficient (Wildman–Crippen LogP) is 5.01. The summed E-state index contributed by atoms with van der Waals surface area (Å²) in [4.78, 5) is 2.44. The number of nitrogens with zero attached hydrogens (tertiary/aromatic N) is 2. The van der Waals surface area contributed by atoms with E-state index in [-0.39, 0.29) is 11.2 Å². The average Bonchev–Trinajstić information content (AvgIpc) is 2.59. The lowest BCUT2D eigenvalue weighted by atomic mass is 9.78. The van der Waals surface area contributed by atoms with Crippen LogP contribution in [0.15, 0.2) is 48.5 Å². The third-order valence-electron chi connectivity index (χ3n) is 5.11. The van der Waals surface area contributed by atoms with E-state index in [1.54, 1.807) is 6.07 Å². The fourth-order valence-electron chi connectivity index (χ4n) is 3.36. The van der Waals surface area contributed by atoms with Gasteiger partial charge >= 0.3 is 0 Å². The van der Waals surface area contributed by atoms with Crippen molar-refractivity contribution in [3.05, 3.63) is 59.9 Å². The number of nitriles is 1. The van der Waals surface area contributed by atoms with Gasteiger partial charge < -0.3 is 0 Å². The molecule has 0 amide bonds. The van der Waals surface area contributed by atoms with Gasteiger partial charge in [-0.2, -0.15) is 5.26 Å². The smallest absolute Gasteiger partial charge is 0.131 e. The van der Waals surface area contributed by atoms with E-state index < -0.39 is 0 Å². The van der Waals surface area contributed by atoms with Gasteiger partial charge in [0.05, 0.1) is 6.07 Å². The van der Waals surface area contributed by atoms with Crippen molar-refractivity contribution in [2.24, 2.45) is 5.41 Å². The molecule has 0 unspecified atom stereocenters. The summed E-state index contributed by atoms with van der Waals surface area (Å²) >= 11 is 0. The van der Waals surface area contributed by atoms with Crippen LogP contribution >= 0.6 is 0 Å². The number of benzene rings is 2. The Morgan fingerprint density at radius 1 is 1.08 bits per heavy atom. The van der Waals surface area contributed by atoms with Crippen molar-refractivity contribution in [2.45, 2.75) is 32.7 Å². The first-order valence-electron chi connectivity index (χ1n) is 8.53. The Kier molecular flexibility index (Phi) is 4.97. The number of hydrogen-bond acceptors (Lipinski definition) is 2. The van der Waals surface area contributed by atoms with E-state index in [0.717, 1.165) is 38.0 Å². The molecule has 1 saturated heterocycles. The molecule has 2 nitrogen and oxygen atoms in total. The molecule has 24 heavy (non-hydrogen) atoms. The number of piperidine rings is 1. The molecule has 0 spiro atoms. The first-order chi connectivity index (χ1) is 11.6. The second kappa shape index (κ2) is 7.15. The van der Waals surface area contributed by atoms with Gasteiger partial charge in [0.25, 0.3) is 0 Å². The standard InChI is InChI=1S/C21H23FN2/c1-21(10-13-23)11-14-24(15-12-21)16-17-6-8-18(9-7-17)19-4-2-3-5-20(19)22/h2-9H,10-12,14-16H2,1H3. The van der Waals surface area contributed by atoms with Crippen molar-refractivity contribution in [1.29, 1.82) is 5.26 Å². The van der Waals surface area contributed by atoms with E-state index in [2.05, 4.69) is 30.0 Å². The summed E-state index contributed by atoms with van der Waals surface area (Å²) in [6.07, 6.45) is 2.81. The van der Waals surface area contributed by atoms with E-state index >= 15 is 0 Å². The molecule has 1 fully saturated rings. The van der Waals surface area contributed by atoms with Crippen molar-refractivity contribution in [3.63, 3.8) is 0 Å². The topological polar surface area (TPSA) is 27.0 Å². The molecule has 0 aliphatic carbocycles. The third kappa shape index (κ3) is 3.83. The normalized spacial score (nSPS) is 17.4. The summed E-state index contributed by atoms with van der Waals surface area (Å²) in [6.45, 7) is 5.21. The van der Waals surface area contributed by atoms with Crippen LogP contribution in [0.2, 0.25) is 0 Å². The molecule has 1 heterocycles. The molecule has 3 rings (SSSR count). The van der Waals surface area contributed by atoms with Crippen LogP contribution in [-0.2, 0) is 6.54 Å². The van der Waals surface area contributed by atoms with Gasteiger partial charge in [-0.15, -0.1) is 0 Å². The molecule has 0 bridgehead atoms. The van der Waals surface area contributed by atoms with Gasteiger partial charge in [-0.05, 0) is 48.5 Å². The molecule has 1 aliphatic heterocycles. The van der Waals surface area contributed by atoms with E-state index in [0.29, 0.717) is 12.0 Å². The molecule has 0 atom stereocenters. The largest absolute Gasteiger partial charge is 0.299 e. The maximum atomic E-state index is 13.9. The summed E-state index contributed by atoms with van der Waals surface area (Å²) in [7, 11) is 0. The SMILES string of the molecule is CC1(CC#N)CCN(Cc2ccc(-c3ccccc3F)cc2)CC1. The van der Waals surface area contributed by atoms with Crippen LogP contribution in [0.25, 0.3) is 11.1 Å². The van der Waals surface area contributed by atoms with Gasteiger partial charge in [0, 0.05) is 18.5 Å². The highest BCUT2D eigenvalue weighted by molar-refractivity contribution is 5.64. The minimum absolute atomic E-state index is 0.180. The van der Waals surface area contributed by atoms with E-state index in [1.807, 2.05) is 24.3 Å². The molecule has 0 saturated carbocycles. The Bertz CT molecular complexity index is 722. The lowest BCUT2D eigenvalue weighted by molar-refractivity contribution is 0.116. The minimum atomic E-state index is -0.182. The van der Waals surface area contributed by atoms with Crippen molar-refractivity contribution in [3.8, 4) is 17.2 Å². The molecule has 0 radical (unpaired) electrons. The van der Waals surface area contributed by atoms with E-state index in [9.17, 15) is 4.39 Å². The summed E-state index contributed by atoms with van der Waals surface area (Å²) in [5.74, 6) is -0.182. The molecular formula is C21H23FN2. The molecule has 3 heteroatoms. The maximum absolute atomic E-state index is 13.9. The molecule has 1 aliphatic rings. The minimum Gasteiger partial charge on any atom is -0.299 e. The molecular weight excluding hydrogens is 299 g/mol. The Balaban J connectivity index is 1.62. The fraction of sp³-hybridized carbons (Fsp3) is 0.381. The van der Waals surface area contributed by atoms with E-state index in [4.69, 9.17) is 5.26 Å². The highest BCUT2D eigenvalue weighted by Gasteiger charge is 2.29. The van der Waals surface area contributed by atoms with Crippen molar-refractivity contribution < 1.29 is 4.39 Å². The third-order valence-corrected chi connectivity index (χ3v) is 5.11. The van der Waals surface area contributed by atoms with Gasteiger partial charge in [0.1, 0.15) is 5.82 Å². The van der Waals surface area contributed by atoms with Gasteiger partial charge in [0.15, 0.2) is 0 Å². The highest BCUT2D eigenvalue weighted by Crippen LogP contribution is 2.34. The van der Waals surface area contributed by atoms with Crippen LogP contribution in [-0.4, -0.2) is 18.0 Å². The number of halogens is 1. The average molecular weight is 322 g/mol. The lowest BCUT2D eigenvalue weighted by Gasteiger charge is -2.38. The molecule has 2 aromatic rings. The zero-order chi connectivity index (χ0) is 17.0. The maximum Gasteiger partial charge on any atom is 0.131 e. The lowest BCUT2D eigenvalue weighted by Crippen LogP contribution is -2.38. The molecule has 0 N–H and O–H groups in total. The number of rotatable bonds is 4. The molecule has 0 aromatic heterocycles. The quantitative estimate of drug-likeness (QED) is 0.791. The fourth-order valence-corrected chi connectivity index (χ4v) is 3.36. The summed E-state index contributed by atoms with van der Waals surface area (Å²) in [6, 6.07) is 17.4. The Morgan fingerprint density at radius 2 is 1.75 bits per heavy atom. The second-order valence-electron chi connectivity index (χ2n) is 7.10. The highest BCUT2D eigenvalue weighted by atomic mass is 19.1.